The Morgan fingerprint density at radius 2 is 2.26 bits per heavy atom. The predicted octanol–water partition coefficient (Wildman–Crippen LogP) is 2.26. The zero-order valence-corrected chi connectivity index (χ0v) is 11.8. The Balaban J connectivity index is 2.24. The molecule has 1 aromatic carbocycles. The molecule has 0 aliphatic carbocycles. The molecule has 1 fully saturated rings. The van der Waals surface area contributed by atoms with Gasteiger partial charge in [0.1, 0.15) is 5.75 Å². The van der Waals surface area contributed by atoms with E-state index in [1.165, 1.54) is 0 Å². The maximum absolute atomic E-state index is 9.56. The molecule has 106 valence electrons. The lowest BCUT2D eigenvalue weighted by Gasteiger charge is -2.29. The number of hydrogen-bond acceptors (Lipinski definition) is 4. The highest BCUT2D eigenvalue weighted by Crippen LogP contribution is 2.37. The maximum atomic E-state index is 9.56. The van der Waals surface area contributed by atoms with Gasteiger partial charge in [-0.05, 0) is 30.9 Å². The number of benzene rings is 1. The minimum atomic E-state index is 0.156. The van der Waals surface area contributed by atoms with Crippen LogP contribution in [0, 0.1) is 5.92 Å². The van der Waals surface area contributed by atoms with E-state index in [0.717, 1.165) is 30.8 Å². The molecule has 4 nitrogen and oxygen atoms in total. The van der Waals surface area contributed by atoms with Crippen molar-refractivity contribution in [3.63, 3.8) is 0 Å². The predicted molar refractivity (Wildman–Crippen MR) is 78.6 cm³/mol. The summed E-state index contributed by atoms with van der Waals surface area (Å²) >= 11 is 0. The van der Waals surface area contributed by atoms with Gasteiger partial charge < -0.3 is 20.5 Å². The van der Waals surface area contributed by atoms with Crippen molar-refractivity contribution in [3.05, 3.63) is 18.2 Å². The highest BCUT2D eigenvalue weighted by Gasteiger charge is 2.31. The summed E-state index contributed by atoms with van der Waals surface area (Å²) in [5.41, 5.74) is 7.89. The van der Waals surface area contributed by atoms with Gasteiger partial charge in [-0.3, -0.25) is 0 Å². The molecule has 2 unspecified atom stereocenters. The van der Waals surface area contributed by atoms with Crippen molar-refractivity contribution in [2.75, 3.05) is 30.4 Å². The Morgan fingerprint density at radius 3 is 2.95 bits per heavy atom. The quantitative estimate of drug-likeness (QED) is 0.801. The number of aliphatic hydroxyl groups is 1. The standard InChI is InChI=1S/C15H24N2O2/c1-3-9-19-14-6-4-5-12(15(14)16)17-8-7-11(2)13(17)10-18/h4-6,11,13,18H,3,7-10,16H2,1-2H3. The number of nitrogens with two attached hydrogens (primary N) is 1. The lowest BCUT2D eigenvalue weighted by molar-refractivity contribution is 0.244. The zero-order valence-electron chi connectivity index (χ0n) is 11.8. The van der Waals surface area contributed by atoms with Crippen LogP contribution in [0.2, 0.25) is 0 Å². The van der Waals surface area contributed by atoms with E-state index in [-0.39, 0.29) is 12.6 Å². The number of para-hydroxylation sites is 1. The Hall–Kier alpha value is -1.42. The van der Waals surface area contributed by atoms with E-state index in [4.69, 9.17) is 10.5 Å². The first-order valence-electron chi connectivity index (χ1n) is 7.07. The molecule has 1 heterocycles. The van der Waals surface area contributed by atoms with Crippen LogP contribution in [0.1, 0.15) is 26.7 Å². The number of hydrogen-bond donors (Lipinski definition) is 2. The summed E-state index contributed by atoms with van der Waals surface area (Å²) in [6.07, 6.45) is 2.05. The maximum Gasteiger partial charge on any atom is 0.144 e. The van der Waals surface area contributed by atoms with E-state index >= 15 is 0 Å². The lowest BCUT2D eigenvalue weighted by atomic mass is 10.0. The van der Waals surface area contributed by atoms with Crippen molar-refractivity contribution < 1.29 is 9.84 Å². The molecule has 19 heavy (non-hydrogen) atoms. The van der Waals surface area contributed by atoms with Crippen LogP contribution in [0.4, 0.5) is 11.4 Å². The first-order valence-corrected chi connectivity index (χ1v) is 7.07. The van der Waals surface area contributed by atoms with Crippen LogP contribution >= 0.6 is 0 Å². The molecule has 2 atom stereocenters. The fourth-order valence-electron chi connectivity index (χ4n) is 2.71. The zero-order chi connectivity index (χ0) is 13.8. The lowest BCUT2D eigenvalue weighted by Crippen LogP contribution is -2.35. The Morgan fingerprint density at radius 1 is 1.47 bits per heavy atom. The third kappa shape index (κ3) is 2.78. The molecule has 1 saturated heterocycles. The van der Waals surface area contributed by atoms with E-state index in [9.17, 15) is 5.11 Å². The Bertz CT molecular complexity index is 423. The highest BCUT2D eigenvalue weighted by atomic mass is 16.5. The molecule has 0 spiro atoms. The van der Waals surface area contributed by atoms with Gasteiger partial charge in [0, 0.05) is 6.54 Å². The monoisotopic (exact) mass is 264 g/mol. The SMILES string of the molecule is CCCOc1cccc(N2CCC(C)C2CO)c1N. The summed E-state index contributed by atoms with van der Waals surface area (Å²) < 4.78 is 5.67. The third-order valence-corrected chi connectivity index (χ3v) is 3.88. The van der Waals surface area contributed by atoms with Crippen LogP contribution in [0.3, 0.4) is 0 Å². The second-order valence-corrected chi connectivity index (χ2v) is 5.25. The van der Waals surface area contributed by atoms with Gasteiger partial charge in [0.15, 0.2) is 0 Å². The van der Waals surface area contributed by atoms with Crippen LogP contribution < -0.4 is 15.4 Å². The average Bonchev–Trinajstić information content (AvgIpc) is 2.78. The van der Waals surface area contributed by atoms with Crippen molar-refractivity contribution >= 4 is 11.4 Å². The van der Waals surface area contributed by atoms with Crippen LogP contribution in [0.5, 0.6) is 5.75 Å². The van der Waals surface area contributed by atoms with Crippen molar-refractivity contribution in [1.29, 1.82) is 0 Å². The summed E-state index contributed by atoms with van der Waals surface area (Å²) in [4.78, 5) is 2.21. The minimum Gasteiger partial charge on any atom is -0.491 e. The Labute approximate surface area is 115 Å². The summed E-state index contributed by atoms with van der Waals surface area (Å²) in [5.74, 6) is 1.24. The molecule has 0 bridgehead atoms. The molecule has 3 N–H and O–H groups in total. The summed E-state index contributed by atoms with van der Waals surface area (Å²) in [5, 5.41) is 9.56. The van der Waals surface area contributed by atoms with Crippen LogP contribution in [0.15, 0.2) is 18.2 Å². The second-order valence-electron chi connectivity index (χ2n) is 5.25. The van der Waals surface area contributed by atoms with E-state index in [1.54, 1.807) is 0 Å². The first-order chi connectivity index (χ1) is 9.19. The van der Waals surface area contributed by atoms with E-state index < -0.39 is 0 Å². The smallest absolute Gasteiger partial charge is 0.144 e. The molecule has 1 aromatic rings. The van der Waals surface area contributed by atoms with Gasteiger partial charge >= 0.3 is 0 Å². The molecule has 0 radical (unpaired) electrons. The number of aliphatic hydroxyl groups excluding tert-OH is 1. The fourth-order valence-corrected chi connectivity index (χ4v) is 2.71. The Kier molecular flexibility index (Phi) is 4.53. The molecular formula is C15H24N2O2. The highest BCUT2D eigenvalue weighted by molar-refractivity contribution is 5.74. The molecule has 1 aliphatic heterocycles. The van der Waals surface area contributed by atoms with Crippen LogP contribution in [0.25, 0.3) is 0 Å². The van der Waals surface area contributed by atoms with E-state index in [0.29, 0.717) is 18.2 Å². The van der Waals surface area contributed by atoms with Crippen molar-refractivity contribution in [2.24, 2.45) is 5.92 Å². The fraction of sp³-hybridized carbons (Fsp3) is 0.600. The van der Waals surface area contributed by atoms with Gasteiger partial charge in [-0.25, -0.2) is 0 Å². The molecule has 0 amide bonds. The van der Waals surface area contributed by atoms with Gasteiger partial charge in [-0.15, -0.1) is 0 Å². The first kappa shape index (κ1) is 14.0. The van der Waals surface area contributed by atoms with Crippen LogP contribution in [-0.2, 0) is 0 Å². The number of ether oxygens (including phenoxy) is 1. The number of rotatable bonds is 5. The summed E-state index contributed by atoms with van der Waals surface area (Å²) in [6.45, 7) is 6.03. The van der Waals surface area contributed by atoms with E-state index in [2.05, 4.69) is 18.7 Å². The molecule has 0 saturated carbocycles. The summed E-state index contributed by atoms with van der Waals surface area (Å²) in [6, 6.07) is 6.04. The van der Waals surface area contributed by atoms with Gasteiger partial charge in [-0.2, -0.15) is 0 Å². The van der Waals surface area contributed by atoms with Crippen molar-refractivity contribution in [2.45, 2.75) is 32.7 Å². The average molecular weight is 264 g/mol. The van der Waals surface area contributed by atoms with Crippen molar-refractivity contribution in [1.82, 2.24) is 0 Å². The van der Waals surface area contributed by atoms with Crippen LogP contribution in [-0.4, -0.2) is 30.9 Å². The molecule has 4 heteroatoms. The third-order valence-electron chi connectivity index (χ3n) is 3.88. The number of anilines is 2. The van der Waals surface area contributed by atoms with Gasteiger partial charge in [-0.1, -0.05) is 19.9 Å². The molecule has 0 aromatic heterocycles. The largest absolute Gasteiger partial charge is 0.491 e. The minimum absolute atomic E-state index is 0.156. The summed E-state index contributed by atoms with van der Waals surface area (Å²) in [7, 11) is 0. The van der Waals surface area contributed by atoms with Gasteiger partial charge in [0.2, 0.25) is 0 Å². The van der Waals surface area contributed by atoms with Gasteiger partial charge in [0.05, 0.1) is 30.6 Å². The molecular weight excluding hydrogens is 240 g/mol. The van der Waals surface area contributed by atoms with E-state index in [1.807, 2.05) is 18.2 Å². The number of nitrogens with zero attached hydrogens (tertiary/aromatic N) is 1. The number of nitrogen functional groups attached to an aromatic ring is 1. The molecule has 2 rings (SSSR count). The van der Waals surface area contributed by atoms with Gasteiger partial charge in [0.25, 0.3) is 0 Å². The normalized spacial score (nSPS) is 22.8. The molecule has 1 aliphatic rings. The second kappa shape index (κ2) is 6.15. The van der Waals surface area contributed by atoms with Crippen molar-refractivity contribution in [3.8, 4) is 5.75 Å². The topological polar surface area (TPSA) is 58.7 Å².